The molecular weight excluding hydrogens is 296 g/mol. The molecule has 4 heteroatoms. The molecule has 0 aliphatic carbocycles. The molecule has 0 radical (unpaired) electrons. The second-order valence-corrected chi connectivity index (χ2v) is 5.67. The molecule has 0 bridgehead atoms. The lowest BCUT2D eigenvalue weighted by Crippen LogP contribution is -1.87. The highest BCUT2D eigenvalue weighted by Gasteiger charge is 2.11. The first kappa shape index (κ1) is 12.0. The van der Waals surface area contributed by atoms with Gasteiger partial charge >= 0.3 is 0 Å². The molecule has 0 atom stereocenters. The number of fused-ring (bicyclic) bond motifs is 5. The van der Waals surface area contributed by atoms with E-state index < -0.39 is 0 Å². The van der Waals surface area contributed by atoms with Gasteiger partial charge in [0.05, 0.1) is 21.6 Å². The highest BCUT2D eigenvalue weighted by Crippen LogP contribution is 2.32. The van der Waals surface area contributed by atoms with Crippen LogP contribution in [-0.2, 0) is 0 Å². The molecule has 0 aliphatic rings. The van der Waals surface area contributed by atoms with Crippen molar-refractivity contribution in [2.45, 2.75) is 0 Å². The van der Waals surface area contributed by atoms with Crippen molar-refractivity contribution in [2.75, 3.05) is 0 Å². The van der Waals surface area contributed by atoms with E-state index in [9.17, 15) is 0 Å². The molecule has 3 aromatic carbocycles. The van der Waals surface area contributed by atoms with Crippen LogP contribution in [0.15, 0.2) is 59.0 Å². The monoisotopic (exact) mass is 304 g/mol. The van der Waals surface area contributed by atoms with Crippen molar-refractivity contribution in [3.8, 4) is 0 Å². The third-order valence-corrected chi connectivity index (χ3v) is 4.22. The standard InChI is InChI=1S/C18H9ClN2O/c19-12-5-3-6-13-18(12)21-14-8-11-10-4-1-2-7-16(10)22-17(11)9-15(14)20-13/h1-9H. The molecule has 104 valence electrons. The van der Waals surface area contributed by atoms with Crippen LogP contribution in [0.4, 0.5) is 0 Å². The average molecular weight is 305 g/mol. The predicted molar refractivity (Wildman–Crippen MR) is 89.3 cm³/mol. The van der Waals surface area contributed by atoms with Gasteiger partial charge in [0.1, 0.15) is 16.7 Å². The molecule has 0 amide bonds. The van der Waals surface area contributed by atoms with Crippen molar-refractivity contribution >= 4 is 55.6 Å². The van der Waals surface area contributed by atoms with Gasteiger partial charge in [-0.3, -0.25) is 0 Å². The average Bonchev–Trinajstić information content (AvgIpc) is 2.89. The number of hydrogen-bond acceptors (Lipinski definition) is 3. The summed E-state index contributed by atoms with van der Waals surface area (Å²) in [5.41, 5.74) is 4.83. The van der Waals surface area contributed by atoms with E-state index >= 15 is 0 Å². The summed E-state index contributed by atoms with van der Waals surface area (Å²) < 4.78 is 5.90. The van der Waals surface area contributed by atoms with Crippen LogP contribution in [0.25, 0.3) is 44.0 Å². The van der Waals surface area contributed by atoms with Crippen molar-refractivity contribution in [1.82, 2.24) is 9.97 Å². The summed E-state index contributed by atoms with van der Waals surface area (Å²) >= 11 is 6.23. The molecule has 5 aromatic rings. The first-order chi connectivity index (χ1) is 10.8. The van der Waals surface area contributed by atoms with Crippen LogP contribution in [-0.4, -0.2) is 9.97 Å². The van der Waals surface area contributed by atoms with Gasteiger partial charge in [-0.15, -0.1) is 0 Å². The van der Waals surface area contributed by atoms with E-state index in [1.807, 2.05) is 48.5 Å². The maximum absolute atomic E-state index is 6.23. The molecule has 22 heavy (non-hydrogen) atoms. The van der Waals surface area contributed by atoms with Crippen LogP contribution in [0.5, 0.6) is 0 Å². The minimum absolute atomic E-state index is 0.615. The lowest BCUT2D eigenvalue weighted by Gasteiger charge is -2.02. The van der Waals surface area contributed by atoms with E-state index in [2.05, 4.69) is 16.0 Å². The van der Waals surface area contributed by atoms with E-state index in [0.29, 0.717) is 5.02 Å². The van der Waals surface area contributed by atoms with Crippen molar-refractivity contribution < 1.29 is 4.42 Å². The highest BCUT2D eigenvalue weighted by atomic mass is 35.5. The van der Waals surface area contributed by atoms with Crippen LogP contribution < -0.4 is 0 Å². The zero-order valence-electron chi connectivity index (χ0n) is 11.4. The first-order valence-corrected chi connectivity index (χ1v) is 7.35. The summed E-state index contributed by atoms with van der Waals surface area (Å²) in [6, 6.07) is 17.6. The summed E-state index contributed by atoms with van der Waals surface area (Å²) in [4.78, 5) is 9.33. The molecule has 0 spiro atoms. The summed E-state index contributed by atoms with van der Waals surface area (Å²) in [6.45, 7) is 0. The first-order valence-electron chi connectivity index (χ1n) is 6.97. The summed E-state index contributed by atoms with van der Waals surface area (Å²) in [6.07, 6.45) is 0. The molecule has 2 heterocycles. The van der Waals surface area contributed by atoms with Gasteiger partial charge in [0.15, 0.2) is 0 Å². The topological polar surface area (TPSA) is 38.9 Å². The fraction of sp³-hybridized carbons (Fsp3) is 0. The van der Waals surface area contributed by atoms with E-state index in [1.165, 1.54) is 0 Å². The van der Waals surface area contributed by atoms with Crippen molar-refractivity contribution in [3.63, 3.8) is 0 Å². The van der Waals surface area contributed by atoms with Gasteiger partial charge in [-0.2, -0.15) is 0 Å². The lowest BCUT2D eigenvalue weighted by molar-refractivity contribution is 0.669. The van der Waals surface area contributed by atoms with E-state index in [4.69, 9.17) is 16.0 Å². The Balaban J connectivity index is 1.98. The third kappa shape index (κ3) is 1.57. The number of para-hydroxylation sites is 2. The van der Waals surface area contributed by atoms with Crippen molar-refractivity contribution in [2.24, 2.45) is 0 Å². The fourth-order valence-corrected chi connectivity index (χ4v) is 3.10. The molecular formula is C18H9ClN2O. The van der Waals surface area contributed by atoms with Gasteiger partial charge in [-0.1, -0.05) is 35.9 Å². The van der Waals surface area contributed by atoms with Crippen molar-refractivity contribution in [1.29, 1.82) is 0 Å². The molecule has 3 nitrogen and oxygen atoms in total. The van der Waals surface area contributed by atoms with Gasteiger partial charge in [-0.25, -0.2) is 9.97 Å². The molecule has 2 aromatic heterocycles. The van der Waals surface area contributed by atoms with Crippen LogP contribution >= 0.6 is 11.6 Å². The number of nitrogens with zero attached hydrogens (tertiary/aromatic N) is 2. The maximum Gasteiger partial charge on any atom is 0.137 e. The Morgan fingerprint density at radius 1 is 0.727 bits per heavy atom. The molecule has 0 N–H and O–H groups in total. The van der Waals surface area contributed by atoms with Gasteiger partial charge < -0.3 is 4.42 Å². The van der Waals surface area contributed by atoms with E-state index in [1.54, 1.807) is 0 Å². The zero-order chi connectivity index (χ0) is 14.7. The number of aromatic nitrogens is 2. The third-order valence-electron chi connectivity index (χ3n) is 3.91. The SMILES string of the molecule is Clc1cccc2nc3cc4oc5ccccc5c4cc3nc12. The molecule has 0 unspecified atom stereocenters. The Hall–Kier alpha value is -2.65. The Kier molecular flexibility index (Phi) is 2.27. The van der Waals surface area contributed by atoms with Gasteiger partial charge in [-0.05, 0) is 24.3 Å². The maximum atomic E-state index is 6.23. The number of hydrogen-bond donors (Lipinski definition) is 0. The number of benzene rings is 3. The number of furan rings is 1. The van der Waals surface area contributed by atoms with Crippen LogP contribution in [0.3, 0.4) is 0 Å². The van der Waals surface area contributed by atoms with Gasteiger partial charge in [0.25, 0.3) is 0 Å². The Bertz CT molecular complexity index is 1190. The fourth-order valence-electron chi connectivity index (χ4n) is 2.88. The van der Waals surface area contributed by atoms with Crippen LogP contribution in [0.2, 0.25) is 5.02 Å². The van der Waals surface area contributed by atoms with Gasteiger partial charge in [0.2, 0.25) is 0 Å². The highest BCUT2D eigenvalue weighted by molar-refractivity contribution is 6.35. The zero-order valence-corrected chi connectivity index (χ0v) is 12.1. The van der Waals surface area contributed by atoms with E-state index in [0.717, 1.165) is 44.0 Å². The van der Waals surface area contributed by atoms with Crippen molar-refractivity contribution in [3.05, 3.63) is 59.6 Å². The summed E-state index contributed by atoms with van der Waals surface area (Å²) in [5.74, 6) is 0. The molecule has 5 rings (SSSR count). The predicted octanol–water partition coefficient (Wildman–Crippen LogP) is 5.34. The van der Waals surface area contributed by atoms with E-state index in [-0.39, 0.29) is 0 Å². The molecule has 0 aliphatic heterocycles. The molecule has 0 fully saturated rings. The molecule has 0 saturated heterocycles. The lowest BCUT2D eigenvalue weighted by atomic mass is 10.1. The molecule has 0 saturated carbocycles. The number of rotatable bonds is 0. The minimum atomic E-state index is 0.615. The van der Waals surface area contributed by atoms with Crippen LogP contribution in [0, 0.1) is 0 Å². The summed E-state index contributed by atoms with van der Waals surface area (Å²) in [5, 5.41) is 2.74. The number of halogens is 1. The Morgan fingerprint density at radius 3 is 2.55 bits per heavy atom. The Morgan fingerprint density at radius 2 is 1.59 bits per heavy atom. The van der Waals surface area contributed by atoms with Crippen LogP contribution in [0.1, 0.15) is 0 Å². The second kappa shape index (κ2) is 4.18. The summed E-state index contributed by atoms with van der Waals surface area (Å²) in [7, 11) is 0. The van der Waals surface area contributed by atoms with Gasteiger partial charge in [0, 0.05) is 16.8 Å². The largest absolute Gasteiger partial charge is 0.456 e. The second-order valence-electron chi connectivity index (χ2n) is 5.27. The Labute approximate surface area is 130 Å². The quantitative estimate of drug-likeness (QED) is 0.363. The normalized spacial score (nSPS) is 11.9. The smallest absolute Gasteiger partial charge is 0.137 e. The minimum Gasteiger partial charge on any atom is -0.456 e.